The summed E-state index contributed by atoms with van der Waals surface area (Å²) >= 11 is 6.65. The van der Waals surface area contributed by atoms with Crippen molar-refractivity contribution in [3.63, 3.8) is 0 Å². The van der Waals surface area contributed by atoms with E-state index in [1.807, 2.05) is 33.8 Å². The van der Waals surface area contributed by atoms with Crippen LogP contribution in [0.25, 0.3) is 28.0 Å². The Bertz CT molecular complexity index is 1980. The van der Waals surface area contributed by atoms with Crippen molar-refractivity contribution in [1.82, 2.24) is 19.8 Å². The number of anilines is 2. The Morgan fingerprint density at radius 1 is 1.17 bits per heavy atom. The van der Waals surface area contributed by atoms with Gasteiger partial charge in [-0.3, -0.25) is 14.2 Å². The number of nitrogens with two attached hydrogens (primary N) is 1. The van der Waals surface area contributed by atoms with Crippen LogP contribution in [-0.2, 0) is 4.79 Å². The average Bonchev–Trinajstić information content (AvgIpc) is 3.02. The van der Waals surface area contributed by atoms with E-state index in [4.69, 9.17) is 17.3 Å². The Morgan fingerprint density at radius 3 is 2.36 bits per heavy atom. The molecule has 0 spiro atoms. The lowest BCUT2D eigenvalue weighted by molar-refractivity contribution is -0.130. The third kappa shape index (κ3) is 5.30. The van der Waals surface area contributed by atoms with Crippen LogP contribution in [-0.4, -0.2) is 51.6 Å². The van der Waals surface area contributed by atoms with E-state index in [-0.39, 0.29) is 64.3 Å². The summed E-state index contributed by atoms with van der Waals surface area (Å²) in [5, 5.41) is 13.6. The van der Waals surface area contributed by atoms with Crippen LogP contribution in [0.3, 0.4) is 0 Å². The van der Waals surface area contributed by atoms with Crippen LogP contribution in [0.1, 0.15) is 40.2 Å². The number of pyridine rings is 2. The molecule has 3 atom stereocenters. The minimum atomic E-state index is -2.11. The van der Waals surface area contributed by atoms with Crippen LogP contribution < -0.4 is 21.5 Å². The van der Waals surface area contributed by atoms with E-state index in [9.17, 15) is 28.0 Å². The second kappa shape index (κ2) is 12.4. The van der Waals surface area contributed by atoms with Crippen molar-refractivity contribution in [3.8, 4) is 17.3 Å². The molecule has 1 aromatic carbocycles. The summed E-state index contributed by atoms with van der Waals surface area (Å²) in [4.78, 5) is 35.1. The summed E-state index contributed by atoms with van der Waals surface area (Å²) in [6, 6.07) is 2.14. The Balaban J connectivity index is 1.92. The van der Waals surface area contributed by atoms with Crippen molar-refractivity contribution < 1.29 is 22.4 Å². The number of rotatable bonds is 5. The molecular weight excluding hydrogens is 638 g/mol. The van der Waals surface area contributed by atoms with Gasteiger partial charge in [0.1, 0.15) is 17.3 Å². The normalized spacial score (nSPS) is 19.7. The number of piperazine rings is 1. The Hall–Kier alpha value is -4.83. The van der Waals surface area contributed by atoms with E-state index in [0.29, 0.717) is 11.3 Å². The fourth-order valence-corrected chi connectivity index (χ4v) is 6.78. The first-order chi connectivity index (χ1) is 22.2. The zero-order valence-corrected chi connectivity index (χ0v) is 27.0. The molecule has 1 unspecified atom stereocenters. The second-order valence-corrected chi connectivity index (χ2v) is 12.5. The van der Waals surface area contributed by atoms with Gasteiger partial charge in [0.15, 0.2) is 23.3 Å². The molecule has 2 aliphatic rings. The molecular formula is C33H32ClF4N7O2. The van der Waals surface area contributed by atoms with E-state index in [1.165, 1.54) is 16.7 Å². The highest BCUT2D eigenvalue weighted by molar-refractivity contribution is 6.34. The minimum Gasteiger partial charge on any atom is -0.396 e. The number of aromatic nitrogens is 2. The van der Waals surface area contributed by atoms with Crippen LogP contribution in [0.4, 0.5) is 28.9 Å². The molecule has 0 saturated carbocycles. The number of dihydropyridines is 1. The van der Waals surface area contributed by atoms with E-state index < -0.39 is 51.8 Å². The SMILES string of the molecule is C=CC(=O)N1[C@H](C)CN(c2c(C#N)c(=O)n(C3=C(C)C=CNC3C(C)C)c3nc(-c4c(N)c(F)c(F)c(F)c4F)c(Cl)cc23)C[C@@H]1C. The monoisotopic (exact) mass is 669 g/mol. The average molecular weight is 670 g/mol. The number of hydrogen-bond acceptors (Lipinski definition) is 7. The molecule has 3 aromatic rings. The first-order valence-corrected chi connectivity index (χ1v) is 15.2. The number of hydrogen-bond donors (Lipinski definition) is 2. The summed E-state index contributed by atoms with van der Waals surface area (Å²) < 4.78 is 59.7. The number of nitriles is 1. The largest absolute Gasteiger partial charge is 0.396 e. The van der Waals surface area contributed by atoms with Crippen LogP contribution in [0, 0.1) is 40.5 Å². The maximum absolute atomic E-state index is 15.3. The molecule has 4 heterocycles. The van der Waals surface area contributed by atoms with E-state index in [1.54, 1.807) is 29.0 Å². The number of fused-ring (bicyclic) bond motifs is 1. The highest BCUT2D eigenvalue weighted by Gasteiger charge is 2.37. The van der Waals surface area contributed by atoms with E-state index in [2.05, 4.69) is 16.9 Å². The lowest BCUT2D eigenvalue weighted by Gasteiger charge is -2.45. The highest BCUT2D eigenvalue weighted by atomic mass is 35.5. The molecule has 246 valence electrons. The molecule has 9 nitrogen and oxygen atoms in total. The minimum absolute atomic E-state index is 0.0885. The van der Waals surface area contributed by atoms with Gasteiger partial charge in [0.2, 0.25) is 5.91 Å². The smallest absolute Gasteiger partial charge is 0.276 e. The number of amides is 1. The van der Waals surface area contributed by atoms with Crippen molar-refractivity contribution in [2.24, 2.45) is 5.92 Å². The van der Waals surface area contributed by atoms with Gasteiger partial charge in [-0.2, -0.15) is 5.26 Å². The summed E-state index contributed by atoms with van der Waals surface area (Å²) in [6.45, 7) is 13.2. The van der Waals surface area contributed by atoms with Crippen molar-refractivity contribution in [2.75, 3.05) is 23.7 Å². The predicted molar refractivity (Wildman–Crippen MR) is 173 cm³/mol. The Morgan fingerprint density at radius 2 is 1.79 bits per heavy atom. The zero-order valence-electron chi connectivity index (χ0n) is 26.3. The van der Waals surface area contributed by atoms with Gasteiger partial charge >= 0.3 is 0 Å². The third-order valence-corrected chi connectivity index (χ3v) is 8.90. The molecule has 3 N–H and O–H groups in total. The van der Waals surface area contributed by atoms with Gasteiger partial charge in [0, 0.05) is 30.6 Å². The molecule has 0 radical (unpaired) electrons. The molecule has 5 rings (SSSR count). The number of nitrogens with zero attached hydrogens (tertiary/aromatic N) is 5. The quantitative estimate of drug-likeness (QED) is 0.117. The van der Waals surface area contributed by atoms with Crippen molar-refractivity contribution in [1.29, 1.82) is 5.26 Å². The third-order valence-electron chi connectivity index (χ3n) is 8.61. The Labute approximate surface area is 273 Å². The summed E-state index contributed by atoms with van der Waals surface area (Å²) in [7, 11) is 0. The molecule has 1 amide bonds. The van der Waals surface area contributed by atoms with E-state index in [0.717, 1.165) is 0 Å². The molecule has 0 bridgehead atoms. The zero-order chi connectivity index (χ0) is 34.6. The Kier molecular flexibility index (Phi) is 8.85. The van der Waals surface area contributed by atoms with Crippen LogP contribution in [0.15, 0.2) is 41.4 Å². The predicted octanol–water partition coefficient (Wildman–Crippen LogP) is 5.71. The number of carbonyl (C=O) groups is 1. The number of nitrogens with one attached hydrogen (secondary N) is 1. The van der Waals surface area contributed by atoms with Crippen molar-refractivity contribution in [3.05, 3.63) is 80.8 Å². The van der Waals surface area contributed by atoms with Gasteiger partial charge in [0.05, 0.1) is 39.4 Å². The molecule has 14 heteroatoms. The maximum Gasteiger partial charge on any atom is 0.276 e. The summed E-state index contributed by atoms with van der Waals surface area (Å²) in [5.74, 6) is -8.23. The van der Waals surface area contributed by atoms with Gasteiger partial charge in [-0.25, -0.2) is 22.5 Å². The maximum atomic E-state index is 15.3. The fourth-order valence-electron chi connectivity index (χ4n) is 6.53. The second-order valence-electron chi connectivity index (χ2n) is 12.1. The number of benzene rings is 1. The number of nitrogen functional groups attached to an aromatic ring is 1. The van der Waals surface area contributed by atoms with Crippen LogP contribution in [0.2, 0.25) is 5.02 Å². The molecule has 2 aromatic heterocycles. The summed E-state index contributed by atoms with van der Waals surface area (Å²) in [5.41, 5.74) is 3.33. The van der Waals surface area contributed by atoms with E-state index >= 15 is 4.39 Å². The van der Waals surface area contributed by atoms with Gasteiger partial charge < -0.3 is 20.9 Å². The van der Waals surface area contributed by atoms with Crippen LogP contribution in [0.5, 0.6) is 0 Å². The highest BCUT2D eigenvalue weighted by Crippen LogP contribution is 2.41. The molecule has 2 aliphatic heterocycles. The molecule has 1 fully saturated rings. The molecule has 47 heavy (non-hydrogen) atoms. The topological polar surface area (TPSA) is 120 Å². The lowest BCUT2D eigenvalue weighted by Crippen LogP contribution is -2.58. The summed E-state index contributed by atoms with van der Waals surface area (Å²) in [6.07, 6.45) is 4.66. The van der Waals surface area contributed by atoms with Gasteiger partial charge in [-0.1, -0.05) is 32.0 Å². The molecule has 1 saturated heterocycles. The van der Waals surface area contributed by atoms with Crippen molar-refractivity contribution in [2.45, 2.75) is 52.7 Å². The van der Waals surface area contributed by atoms with Gasteiger partial charge in [-0.05, 0) is 56.7 Å². The number of halogens is 5. The lowest BCUT2D eigenvalue weighted by atomic mass is 9.94. The van der Waals surface area contributed by atoms with Gasteiger partial charge in [-0.15, -0.1) is 0 Å². The van der Waals surface area contributed by atoms with Gasteiger partial charge in [0.25, 0.3) is 5.56 Å². The number of carbonyl (C=O) groups excluding carboxylic acids is 1. The number of allylic oxidation sites excluding steroid dienone is 2. The first kappa shape index (κ1) is 33.5. The van der Waals surface area contributed by atoms with Crippen LogP contribution >= 0.6 is 11.6 Å². The fraction of sp³-hybridized carbons (Fsp3) is 0.333. The molecule has 0 aliphatic carbocycles. The van der Waals surface area contributed by atoms with Crippen molar-refractivity contribution >= 4 is 45.6 Å². The standard InChI is InChI=1S/C33H32ClF4N7O2/c1-7-21(46)44-16(5)12-43(13-17(44)6)31-18-10-20(34)29(22-23(35)24(36)25(37)26(38)27(22)40)42-32(18)45(33(47)19(31)11-39)30-15(4)8-9-41-28(30)14(2)3/h7-10,14,16-17,28,41H,1,12-13,40H2,2-6H3/t16-,17+,28?. The first-order valence-electron chi connectivity index (χ1n) is 14.8.